The van der Waals surface area contributed by atoms with Crippen molar-refractivity contribution in [3.63, 3.8) is 0 Å². The van der Waals surface area contributed by atoms with Gasteiger partial charge in [0.15, 0.2) is 0 Å². The predicted molar refractivity (Wildman–Crippen MR) is 80.2 cm³/mol. The number of carbonyl (C=O) groups is 1. The first-order chi connectivity index (χ1) is 9.13. The zero-order valence-corrected chi connectivity index (χ0v) is 11.9. The number of hydrogen-bond donors (Lipinski definition) is 0. The number of benzene rings is 2. The molecule has 98 valence electrons. The van der Waals surface area contributed by atoms with Crippen LogP contribution in [0.4, 0.5) is 5.69 Å². The zero-order chi connectivity index (χ0) is 13.6. The molecule has 2 nitrogen and oxygen atoms in total. The molecule has 19 heavy (non-hydrogen) atoms. The van der Waals surface area contributed by atoms with E-state index in [0.29, 0.717) is 12.4 Å². The summed E-state index contributed by atoms with van der Waals surface area (Å²) in [6.45, 7) is 4.40. The second kappa shape index (κ2) is 4.53. The van der Waals surface area contributed by atoms with Gasteiger partial charge in [0.25, 0.3) is 0 Å². The van der Waals surface area contributed by atoms with Gasteiger partial charge >= 0.3 is 0 Å². The monoisotopic (exact) mass is 273 g/mol. The summed E-state index contributed by atoms with van der Waals surface area (Å²) in [5, 5.41) is 2.48. The highest BCUT2D eigenvalue weighted by Crippen LogP contribution is 2.42. The van der Waals surface area contributed by atoms with Crippen LogP contribution in [-0.2, 0) is 4.79 Å². The van der Waals surface area contributed by atoms with Gasteiger partial charge in [-0.25, -0.2) is 0 Å². The second-order valence-electron chi connectivity index (χ2n) is 5.15. The van der Waals surface area contributed by atoms with Crippen molar-refractivity contribution in [2.24, 2.45) is 0 Å². The Morgan fingerprint density at radius 1 is 1.37 bits per heavy atom. The van der Waals surface area contributed by atoms with E-state index < -0.39 is 0 Å². The van der Waals surface area contributed by atoms with Gasteiger partial charge in [-0.05, 0) is 34.9 Å². The van der Waals surface area contributed by atoms with Crippen LogP contribution in [0.3, 0.4) is 0 Å². The molecule has 1 aliphatic heterocycles. The molecule has 1 unspecified atom stereocenters. The molecule has 1 atom stereocenters. The van der Waals surface area contributed by atoms with Crippen LogP contribution in [0.25, 0.3) is 10.8 Å². The number of carbonyl (C=O) groups excluding carboxylic acids is 1. The standard InChI is InChI=1S/C16H16ClNO/c1-10-7-15-16(14-6-4-3-5-13(10)14)12(8-17)9-18(15)11(2)19/h3-7,12H,8-9H2,1-2H3. The van der Waals surface area contributed by atoms with E-state index in [9.17, 15) is 4.79 Å². The van der Waals surface area contributed by atoms with Crippen LogP contribution in [0.15, 0.2) is 30.3 Å². The number of anilines is 1. The molecule has 0 fully saturated rings. The fourth-order valence-electron chi connectivity index (χ4n) is 3.05. The highest BCUT2D eigenvalue weighted by molar-refractivity contribution is 6.19. The van der Waals surface area contributed by atoms with E-state index in [1.807, 2.05) is 11.0 Å². The molecular weight excluding hydrogens is 258 g/mol. The molecular formula is C16H16ClNO. The van der Waals surface area contributed by atoms with Crippen LogP contribution < -0.4 is 4.90 Å². The molecule has 1 aliphatic rings. The maximum Gasteiger partial charge on any atom is 0.223 e. The van der Waals surface area contributed by atoms with Crippen molar-refractivity contribution >= 4 is 34.0 Å². The van der Waals surface area contributed by atoms with E-state index in [2.05, 4.69) is 31.2 Å². The molecule has 2 aromatic carbocycles. The Balaban J connectivity index is 2.34. The summed E-state index contributed by atoms with van der Waals surface area (Å²) < 4.78 is 0. The van der Waals surface area contributed by atoms with Crippen LogP contribution in [0.2, 0.25) is 0 Å². The molecule has 0 aromatic heterocycles. The van der Waals surface area contributed by atoms with Crippen molar-refractivity contribution in [2.45, 2.75) is 19.8 Å². The molecule has 0 saturated carbocycles. The van der Waals surface area contributed by atoms with Gasteiger partial charge in [0.05, 0.1) is 0 Å². The summed E-state index contributed by atoms with van der Waals surface area (Å²) >= 11 is 6.11. The van der Waals surface area contributed by atoms with Crippen molar-refractivity contribution in [2.75, 3.05) is 17.3 Å². The summed E-state index contributed by atoms with van der Waals surface area (Å²) in [5.74, 6) is 0.860. The van der Waals surface area contributed by atoms with Crippen molar-refractivity contribution in [1.82, 2.24) is 0 Å². The lowest BCUT2D eigenvalue weighted by molar-refractivity contribution is -0.116. The summed E-state index contributed by atoms with van der Waals surface area (Å²) in [5.41, 5.74) is 3.47. The van der Waals surface area contributed by atoms with Gasteiger partial charge in [0.2, 0.25) is 5.91 Å². The molecule has 1 amide bonds. The van der Waals surface area contributed by atoms with Crippen LogP contribution in [0.1, 0.15) is 24.0 Å². The summed E-state index contributed by atoms with van der Waals surface area (Å²) in [4.78, 5) is 13.6. The van der Waals surface area contributed by atoms with Gasteiger partial charge in [0.1, 0.15) is 0 Å². The van der Waals surface area contributed by atoms with Crippen molar-refractivity contribution < 1.29 is 4.79 Å². The molecule has 0 saturated heterocycles. The summed E-state index contributed by atoms with van der Waals surface area (Å²) in [6, 6.07) is 10.5. The largest absolute Gasteiger partial charge is 0.312 e. The Labute approximate surface area is 118 Å². The molecule has 0 spiro atoms. The maximum absolute atomic E-state index is 11.8. The normalized spacial score (nSPS) is 17.8. The minimum absolute atomic E-state index is 0.0866. The fraction of sp³-hybridized carbons (Fsp3) is 0.312. The molecule has 3 rings (SSSR count). The Hall–Kier alpha value is -1.54. The van der Waals surface area contributed by atoms with E-state index in [1.165, 1.54) is 21.9 Å². The predicted octanol–water partition coefficient (Wildman–Crippen LogP) is 3.84. The molecule has 0 bridgehead atoms. The molecule has 0 N–H and O–H groups in total. The van der Waals surface area contributed by atoms with Gasteiger partial charge in [-0.15, -0.1) is 11.6 Å². The second-order valence-corrected chi connectivity index (χ2v) is 5.46. The Morgan fingerprint density at radius 2 is 2.05 bits per heavy atom. The van der Waals surface area contributed by atoms with Crippen molar-refractivity contribution in [1.29, 1.82) is 0 Å². The van der Waals surface area contributed by atoms with Gasteiger partial charge in [-0.3, -0.25) is 4.79 Å². The van der Waals surface area contributed by atoms with Crippen molar-refractivity contribution in [3.8, 4) is 0 Å². The SMILES string of the molecule is CC(=O)N1CC(CCl)c2c1cc(C)c1ccccc21. The quantitative estimate of drug-likeness (QED) is 0.723. The Morgan fingerprint density at radius 3 is 2.68 bits per heavy atom. The summed E-state index contributed by atoms with van der Waals surface area (Å²) in [6.07, 6.45) is 0. The van der Waals surface area contributed by atoms with E-state index in [0.717, 1.165) is 5.69 Å². The number of halogens is 1. The molecule has 0 aliphatic carbocycles. The lowest BCUT2D eigenvalue weighted by Crippen LogP contribution is -2.27. The fourth-order valence-corrected chi connectivity index (χ4v) is 3.30. The van der Waals surface area contributed by atoms with E-state index in [-0.39, 0.29) is 11.8 Å². The highest BCUT2D eigenvalue weighted by Gasteiger charge is 2.32. The first-order valence-electron chi connectivity index (χ1n) is 6.49. The average Bonchev–Trinajstić information content (AvgIpc) is 2.78. The molecule has 2 aromatic rings. The molecule has 0 radical (unpaired) electrons. The van der Waals surface area contributed by atoms with Gasteiger partial charge in [-0.1, -0.05) is 24.3 Å². The lowest BCUT2D eigenvalue weighted by atomic mass is 9.93. The van der Waals surface area contributed by atoms with E-state index in [4.69, 9.17) is 11.6 Å². The topological polar surface area (TPSA) is 20.3 Å². The van der Waals surface area contributed by atoms with Crippen LogP contribution in [0.5, 0.6) is 0 Å². The maximum atomic E-state index is 11.8. The minimum Gasteiger partial charge on any atom is -0.312 e. The first-order valence-corrected chi connectivity index (χ1v) is 7.03. The third-order valence-electron chi connectivity index (χ3n) is 3.94. The number of hydrogen-bond acceptors (Lipinski definition) is 1. The first kappa shape index (κ1) is 12.5. The van der Waals surface area contributed by atoms with E-state index >= 15 is 0 Å². The van der Waals surface area contributed by atoms with E-state index in [1.54, 1.807) is 6.92 Å². The smallest absolute Gasteiger partial charge is 0.223 e. The summed E-state index contributed by atoms with van der Waals surface area (Å²) in [7, 11) is 0. The minimum atomic E-state index is 0.0866. The Bertz CT molecular complexity index is 665. The third-order valence-corrected chi connectivity index (χ3v) is 4.31. The average molecular weight is 274 g/mol. The number of nitrogens with zero attached hydrogens (tertiary/aromatic N) is 1. The number of aryl methyl sites for hydroxylation is 1. The Kier molecular flexibility index (Phi) is 2.98. The van der Waals surface area contributed by atoms with Crippen LogP contribution in [-0.4, -0.2) is 18.3 Å². The number of fused-ring (bicyclic) bond motifs is 3. The molecule has 3 heteroatoms. The van der Waals surface area contributed by atoms with Crippen molar-refractivity contribution in [3.05, 3.63) is 41.5 Å². The lowest BCUT2D eigenvalue weighted by Gasteiger charge is -2.16. The van der Waals surface area contributed by atoms with Gasteiger partial charge in [-0.2, -0.15) is 0 Å². The van der Waals surface area contributed by atoms with Gasteiger partial charge in [0, 0.05) is 31.0 Å². The molecule has 1 heterocycles. The highest BCUT2D eigenvalue weighted by atomic mass is 35.5. The number of rotatable bonds is 1. The van der Waals surface area contributed by atoms with Gasteiger partial charge < -0.3 is 4.90 Å². The zero-order valence-electron chi connectivity index (χ0n) is 11.1. The number of amides is 1. The van der Waals surface area contributed by atoms with Crippen LogP contribution >= 0.6 is 11.6 Å². The third kappa shape index (κ3) is 1.82. The van der Waals surface area contributed by atoms with Crippen LogP contribution in [0, 0.1) is 6.92 Å². The number of alkyl halides is 1.